The molecule has 0 amide bonds. The summed E-state index contributed by atoms with van der Waals surface area (Å²) in [6.45, 7) is 14.1. The first-order valence-electron chi connectivity index (χ1n) is 8.43. The highest BCUT2D eigenvalue weighted by atomic mass is 16.5. The molecule has 1 heterocycles. The molecule has 0 aliphatic carbocycles. The van der Waals surface area contributed by atoms with Crippen LogP contribution in [0.15, 0.2) is 24.3 Å². The van der Waals surface area contributed by atoms with Crippen LogP contribution in [0.4, 0.5) is 0 Å². The quantitative estimate of drug-likeness (QED) is 0.905. The molecule has 130 valence electrons. The molecule has 0 bridgehead atoms. The van der Waals surface area contributed by atoms with Gasteiger partial charge in [-0.1, -0.05) is 32.9 Å². The molecule has 1 aliphatic rings. The summed E-state index contributed by atoms with van der Waals surface area (Å²) in [5.41, 5.74) is 1.28. The minimum atomic E-state index is -0.494. The molecule has 2 rings (SSSR count). The minimum absolute atomic E-state index is 0.137. The molecule has 1 unspecified atom stereocenters. The van der Waals surface area contributed by atoms with E-state index >= 15 is 0 Å². The summed E-state index contributed by atoms with van der Waals surface area (Å²) in [6.07, 6.45) is -0.494. The second-order valence-electron chi connectivity index (χ2n) is 8.08. The standard InChI is InChI=1S/C19H31NO3/c1-18(2,3)15-6-8-17(9-7-15)22-13-16(21)12-20-10-11-23-19(4,5)14-20/h6-9,16,21H,10-14H2,1-5H3. The third-order valence-corrected chi connectivity index (χ3v) is 4.14. The van der Waals surface area contributed by atoms with Gasteiger partial charge in [-0.25, -0.2) is 0 Å². The smallest absolute Gasteiger partial charge is 0.119 e. The van der Waals surface area contributed by atoms with Gasteiger partial charge < -0.3 is 14.6 Å². The zero-order chi connectivity index (χ0) is 17.1. The number of aliphatic hydroxyl groups excluding tert-OH is 1. The van der Waals surface area contributed by atoms with E-state index in [0.29, 0.717) is 13.2 Å². The molecule has 1 N–H and O–H groups in total. The lowest BCUT2D eigenvalue weighted by Crippen LogP contribution is -2.50. The Hall–Kier alpha value is -1.10. The van der Waals surface area contributed by atoms with Gasteiger partial charge in [0.05, 0.1) is 12.2 Å². The molecule has 0 saturated carbocycles. The molecule has 0 aromatic heterocycles. The predicted molar refractivity (Wildman–Crippen MR) is 93.1 cm³/mol. The van der Waals surface area contributed by atoms with E-state index in [9.17, 15) is 5.11 Å². The average molecular weight is 321 g/mol. The number of hydrogen-bond acceptors (Lipinski definition) is 4. The van der Waals surface area contributed by atoms with E-state index in [1.54, 1.807) is 0 Å². The van der Waals surface area contributed by atoms with Crippen molar-refractivity contribution in [1.82, 2.24) is 4.90 Å². The van der Waals surface area contributed by atoms with Crippen LogP contribution in [0.2, 0.25) is 0 Å². The maximum absolute atomic E-state index is 10.2. The third-order valence-electron chi connectivity index (χ3n) is 4.14. The van der Waals surface area contributed by atoms with Gasteiger partial charge in [-0.05, 0) is 37.0 Å². The fraction of sp³-hybridized carbons (Fsp3) is 0.684. The lowest BCUT2D eigenvalue weighted by Gasteiger charge is -2.38. The van der Waals surface area contributed by atoms with Crippen molar-refractivity contribution in [3.8, 4) is 5.75 Å². The molecule has 0 spiro atoms. The van der Waals surface area contributed by atoms with Gasteiger partial charge in [-0.15, -0.1) is 0 Å². The number of β-amino-alcohol motifs (C(OH)–C–C–N with tert-alkyl or cyclic N) is 1. The fourth-order valence-corrected chi connectivity index (χ4v) is 2.86. The van der Waals surface area contributed by atoms with Crippen LogP contribution in [0.5, 0.6) is 5.75 Å². The van der Waals surface area contributed by atoms with E-state index in [1.807, 2.05) is 12.1 Å². The van der Waals surface area contributed by atoms with Crippen molar-refractivity contribution in [2.75, 3.05) is 32.8 Å². The lowest BCUT2D eigenvalue weighted by atomic mass is 9.87. The summed E-state index contributed by atoms with van der Waals surface area (Å²) in [6, 6.07) is 8.13. The first-order valence-corrected chi connectivity index (χ1v) is 8.43. The normalized spacial score (nSPS) is 20.3. The Balaban J connectivity index is 1.79. The topological polar surface area (TPSA) is 41.9 Å². The van der Waals surface area contributed by atoms with E-state index in [0.717, 1.165) is 25.4 Å². The molecular weight excluding hydrogens is 290 g/mol. The van der Waals surface area contributed by atoms with Crippen molar-refractivity contribution in [3.63, 3.8) is 0 Å². The van der Waals surface area contributed by atoms with Crippen molar-refractivity contribution < 1.29 is 14.6 Å². The highest BCUT2D eigenvalue weighted by Crippen LogP contribution is 2.24. The summed E-state index contributed by atoms with van der Waals surface area (Å²) in [5, 5.41) is 10.2. The average Bonchev–Trinajstić information content (AvgIpc) is 2.43. The summed E-state index contributed by atoms with van der Waals surface area (Å²) >= 11 is 0. The summed E-state index contributed by atoms with van der Waals surface area (Å²) < 4.78 is 11.4. The zero-order valence-corrected chi connectivity index (χ0v) is 15.1. The minimum Gasteiger partial charge on any atom is -0.491 e. The summed E-state index contributed by atoms with van der Waals surface area (Å²) in [7, 11) is 0. The molecule has 0 radical (unpaired) electrons. The van der Waals surface area contributed by atoms with Crippen molar-refractivity contribution in [3.05, 3.63) is 29.8 Å². The molecule has 1 aromatic carbocycles. The van der Waals surface area contributed by atoms with Gasteiger partial charge in [0.2, 0.25) is 0 Å². The number of rotatable bonds is 5. The van der Waals surface area contributed by atoms with Crippen LogP contribution in [-0.4, -0.2) is 54.6 Å². The largest absolute Gasteiger partial charge is 0.491 e. The van der Waals surface area contributed by atoms with Crippen LogP contribution in [0.1, 0.15) is 40.2 Å². The maximum atomic E-state index is 10.2. The van der Waals surface area contributed by atoms with Gasteiger partial charge >= 0.3 is 0 Å². The molecule has 1 saturated heterocycles. The van der Waals surface area contributed by atoms with Gasteiger partial charge in [0.15, 0.2) is 0 Å². The van der Waals surface area contributed by atoms with Crippen LogP contribution in [0, 0.1) is 0 Å². The predicted octanol–water partition coefficient (Wildman–Crippen LogP) is 2.83. The number of morpholine rings is 1. The van der Waals surface area contributed by atoms with E-state index < -0.39 is 6.10 Å². The Labute approximate surface area is 140 Å². The van der Waals surface area contributed by atoms with Gasteiger partial charge in [-0.3, -0.25) is 4.90 Å². The summed E-state index contributed by atoms with van der Waals surface area (Å²) in [4.78, 5) is 2.24. The van der Waals surface area contributed by atoms with Gasteiger partial charge in [-0.2, -0.15) is 0 Å². The highest BCUT2D eigenvalue weighted by molar-refractivity contribution is 5.31. The molecule has 4 nitrogen and oxygen atoms in total. The molecule has 4 heteroatoms. The van der Waals surface area contributed by atoms with Crippen LogP contribution >= 0.6 is 0 Å². The van der Waals surface area contributed by atoms with E-state index in [1.165, 1.54) is 5.56 Å². The van der Waals surface area contributed by atoms with Gasteiger partial charge in [0, 0.05) is 19.6 Å². The van der Waals surface area contributed by atoms with Crippen LogP contribution in [-0.2, 0) is 10.2 Å². The Morgan fingerprint density at radius 1 is 1.26 bits per heavy atom. The second-order valence-corrected chi connectivity index (χ2v) is 8.08. The van der Waals surface area contributed by atoms with Crippen molar-refractivity contribution in [1.29, 1.82) is 0 Å². The Bertz CT molecular complexity index is 490. The summed E-state index contributed by atoms with van der Waals surface area (Å²) in [5.74, 6) is 0.805. The second kappa shape index (κ2) is 7.20. The van der Waals surface area contributed by atoms with Crippen LogP contribution < -0.4 is 4.74 Å². The number of aliphatic hydroxyl groups is 1. The van der Waals surface area contributed by atoms with Crippen molar-refractivity contribution >= 4 is 0 Å². The number of benzene rings is 1. The van der Waals surface area contributed by atoms with E-state index in [4.69, 9.17) is 9.47 Å². The van der Waals surface area contributed by atoms with E-state index in [-0.39, 0.29) is 11.0 Å². The Kier molecular flexibility index (Phi) is 5.71. The first kappa shape index (κ1) is 18.2. The number of hydrogen-bond donors (Lipinski definition) is 1. The molecular formula is C19H31NO3. The fourth-order valence-electron chi connectivity index (χ4n) is 2.86. The zero-order valence-electron chi connectivity index (χ0n) is 15.1. The third kappa shape index (κ3) is 5.79. The van der Waals surface area contributed by atoms with Crippen LogP contribution in [0.25, 0.3) is 0 Å². The van der Waals surface area contributed by atoms with E-state index in [2.05, 4.69) is 51.7 Å². The lowest BCUT2D eigenvalue weighted by molar-refractivity contribution is -0.0947. The molecule has 1 fully saturated rings. The molecule has 23 heavy (non-hydrogen) atoms. The Morgan fingerprint density at radius 2 is 1.91 bits per heavy atom. The SMILES string of the molecule is CC1(C)CN(CC(O)COc2ccc(C(C)(C)C)cc2)CCO1. The van der Waals surface area contributed by atoms with Crippen LogP contribution in [0.3, 0.4) is 0 Å². The molecule has 1 aliphatic heterocycles. The highest BCUT2D eigenvalue weighted by Gasteiger charge is 2.28. The van der Waals surface area contributed by atoms with Gasteiger partial charge in [0.25, 0.3) is 0 Å². The van der Waals surface area contributed by atoms with Gasteiger partial charge in [0.1, 0.15) is 18.5 Å². The number of nitrogens with zero attached hydrogens (tertiary/aromatic N) is 1. The first-order chi connectivity index (χ1) is 10.7. The monoisotopic (exact) mass is 321 g/mol. The molecule has 1 atom stereocenters. The maximum Gasteiger partial charge on any atom is 0.119 e. The van der Waals surface area contributed by atoms with Crippen molar-refractivity contribution in [2.45, 2.75) is 51.7 Å². The number of ether oxygens (including phenoxy) is 2. The molecule has 1 aromatic rings. The van der Waals surface area contributed by atoms with Crippen molar-refractivity contribution in [2.24, 2.45) is 0 Å². The Morgan fingerprint density at radius 3 is 2.48 bits per heavy atom.